The van der Waals surface area contributed by atoms with Crippen LogP contribution in [0.2, 0.25) is 0 Å². The highest BCUT2D eigenvalue weighted by Gasteiger charge is 2.21. The Morgan fingerprint density at radius 2 is 1.85 bits per heavy atom. The van der Waals surface area contributed by atoms with Crippen molar-refractivity contribution in [3.63, 3.8) is 0 Å². The van der Waals surface area contributed by atoms with Crippen molar-refractivity contribution in [1.82, 2.24) is 5.32 Å². The van der Waals surface area contributed by atoms with Gasteiger partial charge >= 0.3 is 0 Å². The molecule has 1 aromatic carbocycles. The maximum Gasteiger partial charge on any atom is 0.129 e. The second-order valence-corrected chi connectivity index (χ2v) is 5.93. The van der Waals surface area contributed by atoms with Crippen LogP contribution in [0, 0.1) is 5.92 Å². The van der Waals surface area contributed by atoms with Gasteiger partial charge in [-0.05, 0) is 55.8 Å². The van der Waals surface area contributed by atoms with Crippen molar-refractivity contribution in [2.45, 2.75) is 39.0 Å². The Kier molecular flexibility index (Phi) is 5.30. The molecule has 3 nitrogen and oxygen atoms in total. The molecular weight excluding hydrogens is 250 g/mol. The molecule has 1 aromatic rings. The third-order valence-corrected chi connectivity index (χ3v) is 4.21. The monoisotopic (exact) mass is 277 g/mol. The molecule has 20 heavy (non-hydrogen) atoms. The van der Waals surface area contributed by atoms with E-state index in [1.807, 2.05) is 0 Å². The summed E-state index contributed by atoms with van der Waals surface area (Å²) < 4.78 is 11.2. The smallest absolute Gasteiger partial charge is 0.129 e. The fourth-order valence-electron chi connectivity index (χ4n) is 3.15. The molecule has 1 saturated heterocycles. The summed E-state index contributed by atoms with van der Waals surface area (Å²) >= 11 is 0. The van der Waals surface area contributed by atoms with Gasteiger partial charge in [-0.3, -0.25) is 0 Å². The number of nitrogens with one attached hydrogen (secondary N) is 1. The van der Waals surface area contributed by atoms with Crippen LogP contribution >= 0.6 is 0 Å². The van der Waals surface area contributed by atoms with Crippen LogP contribution < -0.4 is 14.8 Å². The standard InChI is InChI=1S/C17H27NO2/c1-12(2)16-15(19-3)6-5-14(17(16)20-4)11-13-7-9-18-10-8-13/h5-6,12-13,18H,7-11H2,1-4H3. The molecule has 0 aromatic heterocycles. The van der Waals surface area contributed by atoms with E-state index in [0.29, 0.717) is 5.92 Å². The van der Waals surface area contributed by atoms with E-state index in [1.165, 1.54) is 24.0 Å². The molecule has 0 unspecified atom stereocenters. The first-order valence-corrected chi connectivity index (χ1v) is 7.61. The van der Waals surface area contributed by atoms with Crippen molar-refractivity contribution in [2.75, 3.05) is 27.3 Å². The highest BCUT2D eigenvalue weighted by atomic mass is 16.5. The van der Waals surface area contributed by atoms with Crippen LogP contribution in [0.4, 0.5) is 0 Å². The third kappa shape index (κ3) is 3.26. The van der Waals surface area contributed by atoms with Crippen molar-refractivity contribution < 1.29 is 9.47 Å². The van der Waals surface area contributed by atoms with E-state index >= 15 is 0 Å². The predicted molar refractivity (Wildman–Crippen MR) is 82.9 cm³/mol. The molecule has 2 rings (SSSR count). The van der Waals surface area contributed by atoms with Crippen molar-refractivity contribution >= 4 is 0 Å². The third-order valence-electron chi connectivity index (χ3n) is 4.21. The van der Waals surface area contributed by atoms with Crippen LogP contribution in [0.25, 0.3) is 0 Å². The summed E-state index contributed by atoms with van der Waals surface area (Å²) in [6.07, 6.45) is 3.62. The van der Waals surface area contributed by atoms with Crippen molar-refractivity contribution in [2.24, 2.45) is 5.92 Å². The number of piperidine rings is 1. The molecule has 0 radical (unpaired) electrons. The molecule has 1 N–H and O–H groups in total. The van der Waals surface area contributed by atoms with E-state index in [9.17, 15) is 0 Å². The Morgan fingerprint density at radius 1 is 1.15 bits per heavy atom. The molecule has 0 aliphatic carbocycles. The maximum atomic E-state index is 5.73. The van der Waals surface area contributed by atoms with Crippen LogP contribution in [0.5, 0.6) is 11.5 Å². The fourth-order valence-corrected chi connectivity index (χ4v) is 3.15. The zero-order chi connectivity index (χ0) is 14.5. The van der Waals surface area contributed by atoms with Gasteiger partial charge in [0.05, 0.1) is 14.2 Å². The highest BCUT2D eigenvalue weighted by molar-refractivity contribution is 5.52. The van der Waals surface area contributed by atoms with Crippen LogP contribution in [0.3, 0.4) is 0 Å². The van der Waals surface area contributed by atoms with Gasteiger partial charge in [0.15, 0.2) is 0 Å². The zero-order valence-electron chi connectivity index (χ0n) is 13.2. The van der Waals surface area contributed by atoms with Crippen LogP contribution in [0.15, 0.2) is 12.1 Å². The molecule has 3 heteroatoms. The number of methoxy groups -OCH3 is 2. The number of hydrogen-bond donors (Lipinski definition) is 1. The molecule has 0 bridgehead atoms. The first-order chi connectivity index (χ1) is 9.67. The van der Waals surface area contributed by atoms with Crippen LogP contribution in [0.1, 0.15) is 43.7 Å². The number of benzene rings is 1. The van der Waals surface area contributed by atoms with Crippen molar-refractivity contribution in [3.05, 3.63) is 23.3 Å². The molecule has 1 fully saturated rings. The lowest BCUT2D eigenvalue weighted by atomic mass is 9.88. The lowest BCUT2D eigenvalue weighted by Crippen LogP contribution is -2.28. The van der Waals surface area contributed by atoms with Gasteiger partial charge in [-0.15, -0.1) is 0 Å². The molecular formula is C17H27NO2. The topological polar surface area (TPSA) is 30.5 Å². The number of ether oxygens (including phenoxy) is 2. The second kappa shape index (κ2) is 6.98. The quantitative estimate of drug-likeness (QED) is 0.895. The Hall–Kier alpha value is -1.22. The van der Waals surface area contributed by atoms with Gasteiger partial charge < -0.3 is 14.8 Å². The van der Waals surface area contributed by atoms with Crippen molar-refractivity contribution in [1.29, 1.82) is 0 Å². The van der Waals surface area contributed by atoms with E-state index in [2.05, 4.69) is 31.3 Å². The van der Waals surface area contributed by atoms with Gasteiger partial charge in [-0.25, -0.2) is 0 Å². The average Bonchev–Trinajstić information content (AvgIpc) is 2.47. The average molecular weight is 277 g/mol. The molecule has 0 spiro atoms. The van der Waals surface area contributed by atoms with Crippen LogP contribution in [-0.2, 0) is 6.42 Å². The zero-order valence-corrected chi connectivity index (χ0v) is 13.2. The van der Waals surface area contributed by atoms with Gasteiger partial charge in [0.25, 0.3) is 0 Å². The van der Waals surface area contributed by atoms with Gasteiger partial charge in [-0.2, -0.15) is 0 Å². The molecule has 1 heterocycles. The summed E-state index contributed by atoms with van der Waals surface area (Å²) in [4.78, 5) is 0. The maximum absolute atomic E-state index is 5.73. The molecule has 0 atom stereocenters. The lowest BCUT2D eigenvalue weighted by Gasteiger charge is -2.25. The Morgan fingerprint density at radius 3 is 2.40 bits per heavy atom. The Bertz CT molecular complexity index is 437. The van der Waals surface area contributed by atoms with Gasteiger partial charge in [0.2, 0.25) is 0 Å². The Balaban J connectivity index is 2.30. The summed E-state index contributed by atoms with van der Waals surface area (Å²) in [5.74, 6) is 3.12. The number of rotatable bonds is 5. The Labute approximate surface area is 122 Å². The summed E-state index contributed by atoms with van der Waals surface area (Å²) in [6, 6.07) is 4.26. The van der Waals surface area contributed by atoms with Gasteiger partial charge in [0, 0.05) is 5.56 Å². The minimum atomic E-state index is 0.396. The minimum Gasteiger partial charge on any atom is -0.496 e. The van der Waals surface area contributed by atoms with Gasteiger partial charge in [-0.1, -0.05) is 19.9 Å². The summed E-state index contributed by atoms with van der Waals surface area (Å²) in [5.41, 5.74) is 2.52. The molecule has 1 aliphatic rings. The normalized spacial score (nSPS) is 16.4. The molecule has 112 valence electrons. The van der Waals surface area contributed by atoms with E-state index < -0.39 is 0 Å². The largest absolute Gasteiger partial charge is 0.496 e. The molecule has 0 amide bonds. The predicted octanol–water partition coefficient (Wildman–Crippen LogP) is 3.37. The van der Waals surface area contributed by atoms with E-state index in [-0.39, 0.29) is 0 Å². The SMILES string of the molecule is COc1ccc(CC2CCNCC2)c(OC)c1C(C)C. The first kappa shape index (κ1) is 15.2. The van der Waals surface area contributed by atoms with E-state index in [0.717, 1.165) is 36.9 Å². The number of hydrogen-bond acceptors (Lipinski definition) is 3. The lowest BCUT2D eigenvalue weighted by molar-refractivity contribution is 0.354. The fraction of sp³-hybridized carbons (Fsp3) is 0.647. The first-order valence-electron chi connectivity index (χ1n) is 7.61. The summed E-state index contributed by atoms with van der Waals surface area (Å²) in [6.45, 7) is 6.66. The molecule has 0 saturated carbocycles. The second-order valence-electron chi connectivity index (χ2n) is 5.93. The van der Waals surface area contributed by atoms with E-state index in [4.69, 9.17) is 9.47 Å². The van der Waals surface area contributed by atoms with Gasteiger partial charge in [0.1, 0.15) is 11.5 Å². The minimum absolute atomic E-state index is 0.396. The summed E-state index contributed by atoms with van der Waals surface area (Å²) in [5, 5.41) is 3.43. The molecule has 1 aliphatic heterocycles. The van der Waals surface area contributed by atoms with E-state index in [1.54, 1.807) is 14.2 Å². The summed E-state index contributed by atoms with van der Waals surface area (Å²) in [7, 11) is 3.50. The highest BCUT2D eigenvalue weighted by Crippen LogP contribution is 2.39. The van der Waals surface area contributed by atoms with Crippen LogP contribution in [-0.4, -0.2) is 27.3 Å². The van der Waals surface area contributed by atoms with Crippen molar-refractivity contribution in [3.8, 4) is 11.5 Å².